The summed E-state index contributed by atoms with van der Waals surface area (Å²) in [6, 6.07) is 7.81. The van der Waals surface area contributed by atoms with Gasteiger partial charge in [0.1, 0.15) is 0 Å². The van der Waals surface area contributed by atoms with E-state index in [-0.39, 0.29) is 5.78 Å². The lowest BCUT2D eigenvalue weighted by molar-refractivity contribution is 0.00842. The molecule has 0 unspecified atom stereocenters. The first-order valence-electron chi connectivity index (χ1n) is 4.46. The average molecular weight is 176 g/mol. The molecule has 0 atom stereocenters. The summed E-state index contributed by atoms with van der Waals surface area (Å²) in [6.07, 6.45) is 0. The van der Waals surface area contributed by atoms with Crippen LogP contribution in [-0.2, 0) is 4.74 Å². The maximum Gasteiger partial charge on any atom is 0.159 e. The van der Waals surface area contributed by atoms with Gasteiger partial charge in [-0.1, -0.05) is 24.3 Å². The molecule has 1 aromatic carbocycles. The average Bonchev–Trinajstić information content (AvgIpc) is 2.02. The summed E-state index contributed by atoms with van der Waals surface area (Å²) in [4.78, 5) is 11.0. The van der Waals surface area contributed by atoms with Gasteiger partial charge >= 0.3 is 0 Å². The highest BCUT2D eigenvalue weighted by Gasteiger charge is 2.19. The predicted molar refractivity (Wildman–Crippen MR) is 50.0 cm³/mol. The zero-order valence-electron chi connectivity index (χ0n) is 7.62. The fourth-order valence-corrected chi connectivity index (χ4v) is 1.42. The van der Waals surface area contributed by atoms with Crippen molar-refractivity contribution in [1.29, 1.82) is 0 Å². The fraction of sp³-hybridized carbons (Fsp3) is 0.364. The second kappa shape index (κ2) is 3.30. The number of carbonyl (C=O) groups is 1. The van der Waals surface area contributed by atoms with Crippen molar-refractivity contribution in [3.63, 3.8) is 0 Å². The molecule has 1 aromatic rings. The van der Waals surface area contributed by atoms with Crippen LogP contribution in [0.1, 0.15) is 28.8 Å². The van der Waals surface area contributed by atoms with Crippen molar-refractivity contribution >= 4 is 5.78 Å². The molecule has 0 aliphatic carbocycles. The molecule has 13 heavy (non-hydrogen) atoms. The van der Waals surface area contributed by atoms with Crippen molar-refractivity contribution in [3.8, 4) is 0 Å². The number of benzene rings is 1. The third-order valence-corrected chi connectivity index (χ3v) is 2.43. The van der Waals surface area contributed by atoms with Crippen LogP contribution in [0.4, 0.5) is 0 Å². The second-order valence-corrected chi connectivity index (χ2v) is 3.41. The Balaban J connectivity index is 2.17. The van der Waals surface area contributed by atoms with Crippen molar-refractivity contribution in [3.05, 3.63) is 35.4 Å². The molecule has 2 nitrogen and oxygen atoms in total. The van der Waals surface area contributed by atoms with E-state index >= 15 is 0 Å². The molecule has 1 aliphatic rings. The summed E-state index contributed by atoms with van der Waals surface area (Å²) in [7, 11) is 0. The number of ether oxygens (including phenoxy) is 1. The van der Waals surface area contributed by atoms with Crippen molar-refractivity contribution in [2.75, 3.05) is 13.2 Å². The molecule has 68 valence electrons. The molecule has 0 saturated carbocycles. The maximum absolute atomic E-state index is 11.0. The lowest BCUT2D eigenvalue weighted by Crippen LogP contribution is -2.24. The summed E-state index contributed by atoms with van der Waals surface area (Å²) in [5.41, 5.74) is 2.06. The molecule has 2 rings (SSSR count). The highest BCUT2D eigenvalue weighted by molar-refractivity contribution is 5.94. The van der Waals surface area contributed by atoms with Crippen molar-refractivity contribution in [1.82, 2.24) is 0 Å². The predicted octanol–water partition coefficient (Wildman–Crippen LogP) is 2.00. The van der Waals surface area contributed by atoms with E-state index in [1.165, 1.54) is 5.56 Å². The standard InChI is InChI=1S/C11H12O2/c1-8(12)9-2-4-10(5-3-9)11-6-13-7-11/h2-5,11H,6-7H2,1H3. The highest BCUT2D eigenvalue weighted by Crippen LogP contribution is 2.23. The number of hydrogen-bond donors (Lipinski definition) is 0. The van der Waals surface area contributed by atoms with Crippen LogP contribution in [0, 0.1) is 0 Å². The van der Waals surface area contributed by atoms with Gasteiger partial charge in [0.15, 0.2) is 5.78 Å². The Labute approximate surface area is 77.5 Å². The van der Waals surface area contributed by atoms with Crippen LogP contribution < -0.4 is 0 Å². The monoisotopic (exact) mass is 176 g/mol. The summed E-state index contributed by atoms with van der Waals surface area (Å²) >= 11 is 0. The van der Waals surface area contributed by atoms with E-state index in [0.717, 1.165) is 18.8 Å². The van der Waals surface area contributed by atoms with Crippen LogP contribution in [0.25, 0.3) is 0 Å². The Hall–Kier alpha value is -1.15. The van der Waals surface area contributed by atoms with Gasteiger partial charge in [-0.05, 0) is 12.5 Å². The first-order valence-corrected chi connectivity index (χ1v) is 4.46. The minimum absolute atomic E-state index is 0.122. The fourth-order valence-electron chi connectivity index (χ4n) is 1.42. The first-order chi connectivity index (χ1) is 6.27. The van der Waals surface area contributed by atoms with E-state index in [1.54, 1.807) is 6.92 Å². The Morgan fingerprint density at radius 1 is 1.31 bits per heavy atom. The molecule has 1 heterocycles. The molecule has 0 spiro atoms. The van der Waals surface area contributed by atoms with Crippen LogP contribution in [0.15, 0.2) is 24.3 Å². The lowest BCUT2D eigenvalue weighted by atomic mass is 9.96. The molecule has 2 heteroatoms. The largest absolute Gasteiger partial charge is 0.380 e. The molecule has 0 radical (unpaired) electrons. The Bertz CT molecular complexity index is 309. The van der Waals surface area contributed by atoms with Gasteiger partial charge in [0.05, 0.1) is 13.2 Å². The molecule has 0 aromatic heterocycles. The number of hydrogen-bond acceptors (Lipinski definition) is 2. The van der Waals surface area contributed by atoms with Gasteiger partial charge in [0.25, 0.3) is 0 Å². The Morgan fingerprint density at radius 2 is 1.92 bits per heavy atom. The molecule has 0 amide bonds. The van der Waals surface area contributed by atoms with E-state index in [4.69, 9.17) is 4.74 Å². The lowest BCUT2D eigenvalue weighted by Gasteiger charge is -2.26. The van der Waals surface area contributed by atoms with E-state index in [1.807, 2.05) is 24.3 Å². The molecular formula is C11H12O2. The zero-order valence-corrected chi connectivity index (χ0v) is 7.62. The zero-order chi connectivity index (χ0) is 9.26. The Kier molecular flexibility index (Phi) is 2.15. The summed E-state index contributed by atoms with van der Waals surface area (Å²) < 4.78 is 5.10. The van der Waals surface area contributed by atoms with Crippen LogP contribution in [0.2, 0.25) is 0 Å². The number of Topliss-reactive ketones (excluding diaryl/α,β-unsaturated/α-hetero) is 1. The number of carbonyl (C=O) groups excluding carboxylic acids is 1. The van der Waals surface area contributed by atoms with Crippen molar-refractivity contribution < 1.29 is 9.53 Å². The summed E-state index contributed by atoms with van der Waals surface area (Å²) in [6.45, 7) is 3.22. The van der Waals surface area contributed by atoms with Crippen LogP contribution >= 0.6 is 0 Å². The minimum Gasteiger partial charge on any atom is -0.380 e. The molecule has 1 fully saturated rings. The van der Waals surface area contributed by atoms with Crippen LogP contribution in [0.5, 0.6) is 0 Å². The normalized spacial score (nSPS) is 16.7. The summed E-state index contributed by atoms with van der Waals surface area (Å²) in [5.74, 6) is 0.664. The van der Waals surface area contributed by atoms with E-state index in [0.29, 0.717) is 5.92 Å². The Morgan fingerprint density at radius 3 is 2.31 bits per heavy atom. The van der Waals surface area contributed by atoms with Gasteiger partial charge in [-0.15, -0.1) is 0 Å². The van der Waals surface area contributed by atoms with E-state index in [2.05, 4.69) is 0 Å². The van der Waals surface area contributed by atoms with Gasteiger partial charge in [-0.25, -0.2) is 0 Å². The molecule has 1 saturated heterocycles. The molecule has 1 aliphatic heterocycles. The van der Waals surface area contributed by atoms with Crippen molar-refractivity contribution in [2.24, 2.45) is 0 Å². The van der Waals surface area contributed by atoms with E-state index in [9.17, 15) is 4.79 Å². The first kappa shape index (κ1) is 8.45. The SMILES string of the molecule is CC(=O)c1ccc(C2COC2)cc1. The van der Waals surface area contributed by atoms with Gasteiger partial charge in [-0.2, -0.15) is 0 Å². The van der Waals surface area contributed by atoms with Gasteiger partial charge in [0, 0.05) is 11.5 Å². The quantitative estimate of drug-likeness (QED) is 0.644. The van der Waals surface area contributed by atoms with Crippen LogP contribution in [-0.4, -0.2) is 19.0 Å². The summed E-state index contributed by atoms with van der Waals surface area (Å²) in [5, 5.41) is 0. The van der Waals surface area contributed by atoms with E-state index < -0.39 is 0 Å². The van der Waals surface area contributed by atoms with Crippen LogP contribution in [0.3, 0.4) is 0 Å². The third-order valence-electron chi connectivity index (χ3n) is 2.43. The minimum atomic E-state index is 0.122. The smallest absolute Gasteiger partial charge is 0.159 e. The number of ketones is 1. The highest BCUT2D eigenvalue weighted by atomic mass is 16.5. The third kappa shape index (κ3) is 1.63. The van der Waals surface area contributed by atoms with Gasteiger partial charge in [-0.3, -0.25) is 4.79 Å². The molecule has 0 N–H and O–H groups in total. The number of rotatable bonds is 2. The molecule has 0 bridgehead atoms. The van der Waals surface area contributed by atoms with Gasteiger partial charge < -0.3 is 4.74 Å². The maximum atomic E-state index is 11.0. The second-order valence-electron chi connectivity index (χ2n) is 3.41. The van der Waals surface area contributed by atoms with Gasteiger partial charge in [0.2, 0.25) is 0 Å². The molecular weight excluding hydrogens is 164 g/mol. The topological polar surface area (TPSA) is 26.3 Å². The van der Waals surface area contributed by atoms with Crippen molar-refractivity contribution in [2.45, 2.75) is 12.8 Å².